The number of morpholine rings is 1. The fraction of sp³-hybridized carbons (Fsp3) is 0.591. The number of anilines is 2. The first-order valence-electron chi connectivity index (χ1n) is 11.7. The van der Waals surface area contributed by atoms with Crippen LogP contribution in [0.15, 0.2) is 5.51 Å². The Morgan fingerprint density at radius 3 is 2.94 bits per heavy atom. The van der Waals surface area contributed by atoms with Crippen LogP contribution in [-0.2, 0) is 28.9 Å². The lowest BCUT2D eigenvalue weighted by Crippen LogP contribution is -2.41. The van der Waals surface area contributed by atoms with Crippen molar-refractivity contribution in [2.75, 3.05) is 49.6 Å². The fourth-order valence-electron chi connectivity index (χ4n) is 5.10. The maximum atomic E-state index is 12.9. The second-order valence-corrected chi connectivity index (χ2v) is 10.8. The number of hydrogen-bond donors (Lipinski definition) is 1. The second kappa shape index (κ2) is 9.21. The highest BCUT2D eigenvalue weighted by Crippen LogP contribution is 2.41. The molecule has 2 saturated heterocycles. The van der Waals surface area contributed by atoms with Gasteiger partial charge in [0, 0.05) is 31.1 Å². The van der Waals surface area contributed by atoms with Crippen LogP contribution in [-0.4, -0.2) is 70.4 Å². The van der Waals surface area contributed by atoms with Gasteiger partial charge in [-0.3, -0.25) is 9.69 Å². The molecule has 0 unspecified atom stereocenters. The largest absolute Gasteiger partial charge is 0.379 e. The first-order chi connectivity index (χ1) is 16.2. The zero-order valence-electron chi connectivity index (χ0n) is 18.5. The van der Waals surface area contributed by atoms with Crippen molar-refractivity contribution >= 4 is 49.7 Å². The molecule has 6 rings (SSSR count). The average Bonchev–Trinajstić information content (AvgIpc) is 3.57. The highest BCUT2D eigenvalue weighted by molar-refractivity contribution is 7.19. The summed E-state index contributed by atoms with van der Waals surface area (Å²) in [7, 11) is 0. The molecule has 5 heterocycles. The Labute approximate surface area is 200 Å². The Kier molecular flexibility index (Phi) is 5.95. The Hall–Kier alpha value is -2.21. The van der Waals surface area contributed by atoms with Crippen LogP contribution in [0.4, 0.5) is 10.9 Å². The normalized spacial score (nSPS) is 21.5. The quantitative estimate of drug-likeness (QED) is 0.589. The Morgan fingerprint density at radius 2 is 2.09 bits per heavy atom. The van der Waals surface area contributed by atoms with E-state index in [2.05, 4.69) is 25.3 Å². The van der Waals surface area contributed by atoms with Gasteiger partial charge in [-0.15, -0.1) is 21.5 Å². The summed E-state index contributed by atoms with van der Waals surface area (Å²) in [6.45, 7) is 5.67. The lowest BCUT2D eigenvalue weighted by Gasteiger charge is -2.33. The lowest BCUT2D eigenvalue weighted by atomic mass is 9.97. The zero-order valence-corrected chi connectivity index (χ0v) is 20.1. The molecule has 0 saturated carbocycles. The van der Waals surface area contributed by atoms with Gasteiger partial charge in [-0.2, -0.15) is 0 Å². The van der Waals surface area contributed by atoms with Crippen molar-refractivity contribution < 1.29 is 9.53 Å². The predicted molar refractivity (Wildman–Crippen MR) is 129 cm³/mol. The zero-order chi connectivity index (χ0) is 22.2. The molecule has 0 bridgehead atoms. The molecule has 0 radical (unpaired) electrons. The van der Waals surface area contributed by atoms with Crippen molar-refractivity contribution in [3.8, 4) is 0 Å². The van der Waals surface area contributed by atoms with Crippen LogP contribution in [0.2, 0.25) is 0 Å². The van der Waals surface area contributed by atoms with Gasteiger partial charge in [0.25, 0.3) is 0 Å². The van der Waals surface area contributed by atoms with Crippen LogP contribution >= 0.6 is 22.7 Å². The van der Waals surface area contributed by atoms with Crippen LogP contribution in [0.3, 0.4) is 0 Å². The van der Waals surface area contributed by atoms with Crippen LogP contribution in [0.5, 0.6) is 0 Å². The molecule has 11 heteroatoms. The summed E-state index contributed by atoms with van der Waals surface area (Å²) in [5.41, 5.74) is 3.07. The summed E-state index contributed by atoms with van der Waals surface area (Å²) < 4.78 is 5.51. The van der Waals surface area contributed by atoms with Crippen molar-refractivity contribution in [3.05, 3.63) is 21.8 Å². The molecule has 0 aromatic carbocycles. The van der Waals surface area contributed by atoms with Crippen molar-refractivity contribution in [1.29, 1.82) is 0 Å². The predicted octanol–water partition coefficient (Wildman–Crippen LogP) is 2.72. The summed E-state index contributed by atoms with van der Waals surface area (Å²) in [4.78, 5) is 30.3. The number of nitrogens with zero attached hydrogens (tertiary/aromatic N) is 6. The van der Waals surface area contributed by atoms with Gasteiger partial charge in [-0.25, -0.2) is 9.97 Å². The number of thiophene rings is 1. The maximum Gasteiger partial charge on any atom is 0.231 e. The van der Waals surface area contributed by atoms with E-state index in [1.807, 2.05) is 11.3 Å². The van der Waals surface area contributed by atoms with Crippen LogP contribution in [0, 0.1) is 5.92 Å². The molecule has 33 heavy (non-hydrogen) atoms. The van der Waals surface area contributed by atoms with Gasteiger partial charge in [-0.1, -0.05) is 11.3 Å². The molecule has 1 N–H and O–H groups in total. The van der Waals surface area contributed by atoms with Gasteiger partial charge in [0.2, 0.25) is 11.0 Å². The summed E-state index contributed by atoms with van der Waals surface area (Å²) >= 11 is 3.18. The van der Waals surface area contributed by atoms with Gasteiger partial charge in [0.1, 0.15) is 22.0 Å². The maximum absolute atomic E-state index is 12.9. The summed E-state index contributed by atoms with van der Waals surface area (Å²) in [5, 5.41) is 12.5. The van der Waals surface area contributed by atoms with Gasteiger partial charge < -0.3 is 15.0 Å². The molecule has 174 valence electrons. The fourth-order valence-corrected chi connectivity index (χ4v) is 6.82. The van der Waals surface area contributed by atoms with Gasteiger partial charge >= 0.3 is 0 Å². The standard InChI is InChI=1S/C22H27N7O2S2/c30-20(26-22-27-23-13-32-22)14-3-2-6-29(11-14)19-18-15-4-1-5-16(15)33-21(18)25-17(24-19)12-28-7-9-31-10-8-28/h13-14H,1-12H2,(H,26,27,30)/t14-/m0/s1. The molecule has 3 aliphatic rings. The van der Waals surface area contributed by atoms with E-state index in [9.17, 15) is 4.79 Å². The Morgan fingerprint density at radius 1 is 1.18 bits per heavy atom. The molecule has 1 aliphatic carbocycles. The molecule has 2 aliphatic heterocycles. The number of carbonyl (C=O) groups is 1. The topological polar surface area (TPSA) is 96.4 Å². The van der Waals surface area contributed by atoms with E-state index in [0.717, 1.165) is 81.5 Å². The number of amides is 1. The van der Waals surface area contributed by atoms with E-state index in [1.54, 1.807) is 5.51 Å². The highest BCUT2D eigenvalue weighted by atomic mass is 32.1. The minimum atomic E-state index is -0.0953. The number of hydrogen-bond acceptors (Lipinski definition) is 10. The van der Waals surface area contributed by atoms with Gasteiger partial charge in [0.05, 0.1) is 31.1 Å². The third-order valence-electron chi connectivity index (χ3n) is 6.74. The number of nitrogens with one attached hydrogen (secondary N) is 1. The van der Waals surface area contributed by atoms with Crippen LogP contribution in [0.1, 0.15) is 35.5 Å². The van der Waals surface area contributed by atoms with E-state index in [4.69, 9.17) is 14.7 Å². The van der Waals surface area contributed by atoms with Crippen molar-refractivity contribution in [2.24, 2.45) is 5.92 Å². The van der Waals surface area contributed by atoms with E-state index >= 15 is 0 Å². The second-order valence-electron chi connectivity index (χ2n) is 8.91. The number of fused-ring (bicyclic) bond motifs is 3. The first kappa shape index (κ1) is 21.3. The molecule has 3 aromatic heterocycles. The number of carbonyl (C=O) groups excluding carboxylic acids is 1. The van der Waals surface area contributed by atoms with E-state index in [-0.39, 0.29) is 11.8 Å². The third kappa shape index (κ3) is 4.34. The third-order valence-corrected chi connectivity index (χ3v) is 8.53. The van der Waals surface area contributed by atoms with Crippen molar-refractivity contribution in [3.63, 3.8) is 0 Å². The Bertz CT molecular complexity index is 1140. The van der Waals surface area contributed by atoms with Crippen LogP contribution < -0.4 is 10.2 Å². The van der Waals surface area contributed by atoms with Gasteiger partial charge in [0.15, 0.2) is 0 Å². The average molecular weight is 486 g/mol. The molecule has 0 spiro atoms. The number of rotatable bonds is 5. The molecular formula is C22H27N7O2S2. The molecule has 3 aromatic rings. The summed E-state index contributed by atoms with van der Waals surface area (Å²) in [5.74, 6) is 1.82. The van der Waals surface area contributed by atoms with E-state index < -0.39 is 0 Å². The van der Waals surface area contributed by atoms with Crippen LogP contribution in [0.25, 0.3) is 10.2 Å². The SMILES string of the molecule is O=C(Nc1nncs1)[C@H]1CCCN(c2nc(CN3CCOCC3)nc3sc4c(c23)CCC4)C1. The number of aromatic nitrogens is 4. The number of aryl methyl sites for hydroxylation is 2. The number of ether oxygens (including phenoxy) is 1. The minimum Gasteiger partial charge on any atom is -0.379 e. The molecular weight excluding hydrogens is 458 g/mol. The van der Waals surface area contributed by atoms with Crippen molar-refractivity contribution in [1.82, 2.24) is 25.1 Å². The molecule has 1 atom stereocenters. The highest BCUT2D eigenvalue weighted by Gasteiger charge is 2.31. The number of piperidine rings is 1. The smallest absolute Gasteiger partial charge is 0.231 e. The molecule has 1 amide bonds. The lowest BCUT2D eigenvalue weighted by molar-refractivity contribution is -0.120. The summed E-state index contributed by atoms with van der Waals surface area (Å²) in [6, 6.07) is 0. The first-order valence-corrected chi connectivity index (χ1v) is 13.4. The van der Waals surface area contributed by atoms with E-state index in [0.29, 0.717) is 11.7 Å². The molecule has 9 nitrogen and oxygen atoms in total. The van der Waals surface area contributed by atoms with Crippen molar-refractivity contribution in [2.45, 2.75) is 38.6 Å². The van der Waals surface area contributed by atoms with E-state index in [1.165, 1.54) is 33.6 Å². The summed E-state index contributed by atoms with van der Waals surface area (Å²) in [6.07, 6.45) is 5.28. The molecule has 2 fully saturated rings. The van der Waals surface area contributed by atoms with Gasteiger partial charge in [-0.05, 0) is 37.7 Å². The minimum absolute atomic E-state index is 0.0193. The Balaban J connectivity index is 1.30. The monoisotopic (exact) mass is 485 g/mol.